The van der Waals surface area contributed by atoms with Crippen LogP contribution in [0, 0.1) is 17.4 Å². The number of nitrogens with one attached hydrogen (secondary N) is 2. The van der Waals surface area contributed by atoms with Crippen molar-refractivity contribution in [2.24, 2.45) is 0 Å². The van der Waals surface area contributed by atoms with E-state index in [0.717, 1.165) is 14.7 Å². The van der Waals surface area contributed by atoms with Crippen molar-refractivity contribution in [3.63, 3.8) is 0 Å². The molecule has 3 aromatic carbocycles. The summed E-state index contributed by atoms with van der Waals surface area (Å²) in [6.07, 6.45) is 0. The predicted molar refractivity (Wildman–Crippen MR) is 125 cm³/mol. The van der Waals surface area contributed by atoms with Crippen LogP contribution in [0.25, 0.3) is 0 Å². The van der Waals surface area contributed by atoms with E-state index < -0.39 is 15.9 Å². The number of hydrogen-bond acceptors (Lipinski definition) is 3. The first-order valence-corrected chi connectivity index (χ1v) is 11.6. The van der Waals surface area contributed by atoms with Gasteiger partial charge in [-0.1, -0.05) is 29.3 Å². The summed E-state index contributed by atoms with van der Waals surface area (Å²) in [4.78, 5) is 12.4. The summed E-state index contributed by atoms with van der Waals surface area (Å²) in [6, 6.07) is 16.8. The zero-order valence-electron chi connectivity index (χ0n) is 15.7. The van der Waals surface area contributed by atoms with Crippen LogP contribution in [0.4, 0.5) is 11.4 Å². The van der Waals surface area contributed by atoms with E-state index in [9.17, 15) is 13.2 Å². The van der Waals surface area contributed by atoms with E-state index in [1.54, 1.807) is 18.2 Å². The monoisotopic (exact) mass is 540 g/mol. The van der Waals surface area contributed by atoms with Crippen molar-refractivity contribution < 1.29 is 13.2 Å². The number of amides is 1. The van der Waals surface area contributed by atoms with E-state index >= 15 is 0 Å². The molecular formula is C21H18ClIN2O3S. The molecular weight excluding hydrogens is 523 g/mol. The predicted octanol–water partition coefficient (Wildman–Crippen LogP) is 5.61. The Balaban J connectivity index is 1.89. The maximum Gasteiger partial charge on any atom is 0.263 e. The normalized spacial score (nSPS) is 11.2. The van der Waals surface area contributed by atoms with Crippen LogP contribution in [0.3, 0.4) is 0 Å². The number of carbonyl (C=O) groups is 1. The molecule has 0 bridgehead atoms. The lowest BCUT2D eigenvalue weighted by Crippen LogP contribution is -2.17. The number of carbonyl (C=O) groups excluding carboxylic acids is 1. The third-order valence-corrected chi connectivity index (χ3v) is 6.78. The first kappa shape index (κ1) is 21.6. The first-order valence-electron chi connectivity index (χ1n) is 8.62. The molecule has 0 fully saturated rings. The molecule has 29 heavy (non-hydrogen) atoms. The maximum absolute atomic E-state index is 12.9. The number of sulfonamides is 1. The lowest BCUT2D eigenvalue weighted by molar-refractivity contribution is 0.102. The Bertz CT molecular complexity index is 1180. The Morgan fingerprint density at radius 1 is 0.966 bits per heavy atom. The number of hydrogen-bond donors (Lipinski definition) is 2. The highest BCUT2D eigenvalue weighted by Gasteiger charge is 2.21. The van der Waals surface area contributed by atoms with Crippen molar-refractivity contribution in [2.75, 3.05) is 10.0 Å². The van der Waals surface area contributed by atoms with Crippen LogP contribution in [0.2, 0.25) is 5.02 Å². The van der Waals surface area contributed by atoms with Crippen molar-refractivity contribution in [2.45, 2.75) is 18.7 Å². The number of rotatable bonds is 5. The molecule has 0 saturated heterocycles. The van der Waals surface area contributed by atoms with E-state index in [0.29, 0.717) is 11.4 Å². The highest BCUT2D eigenvalue weighted by atomic mass is 127. The minimum absolute atomic E-state index is 0.0353. The summed E-state index contributed by atoms with van der Waals surface area (Å²) >= 11 is 8.31. The van der Waals surface area contributed by atoms with Crippen LogP contribution >= 0.6 is 34.2 Å². The lowest BCUT2D eigenvalue weighted by atomic mass is 10.1. The zero-order valence-corrected chi connectivity index (χ0v) is 19.4. The second-order valence-corrected chi connectivity index (χ2v) is 9.83. The molecule has 0 atom stereocenters. The molecule has 150 valence electrons. The fraction of sp³-hybridized carbons (Fsp3) is 0.0952. The van der Waals surface area contributed by atoms with Gasteiger partial charge in [-0.15, -0.1) is 0 Å². The molecule has 0 unspecified atom stereocenters. The number of benzene rings is 3. The van der Waals surface area contributed by atoms with Crippen LogP contribution in [0.1, 0.15) is 21.5 Å². The molecule has 0 aromatic heterocycles. The van der Waals surface area contributed by atoms with Crippen LogP contribution in [-0.4, -0.2) is 14.3 Å². The van der Waals surface area contributed by atoms with Gasteiger partial charge < -0.3 is 5.32 Å². The number of anilines is 2. The van der Waals surface area contributed by atoms with E-state index in [1.807, 2.05) is 38.1 Å². The van der Waals surface area contributed by atoms with Crippen molar-refractivity contribution in [3.05, 3.63) is 85.9 Å². The number of aryl methyl sites for hydroxylation is 2. The fourth-order valence-electron chi connectivity index (χ4n) is 2.71. The van der Waals surface area contributed by atoms with Crippen molar-refractivity contribution >= 4 is 61.5 Å². The number of halogens is 2. The molecule has 0 saturated carbocycles. The van der Waals surface area contributed by atoms with E-state index in [2.05, 4.69) is 32.6 Å². The summed E-state index contributed by atoms with van der Waals surface area (Å²) in [5.41, 5.74) is 3.08. The van der Waals surface area contributed by atoms with Crippen molar-refractivity contribution in [3.8, 4) is 0 Å². The second-order valence-electron chi connectivity index (χ2n) is 6.53. The van der Waals surface area contributed by atoms with Gasteiger partial charge in [0.1, 0.15) is 4.90 Å². The van der Waals surface area contributed by atoms with Crippen LogP contribution < -0.4 is 10.0 Å². The molecule has 0 heterocycles. The first-order chi connectivity index (χ1) is 13.7. The standard InChI is InChI=1S/C21H18ClIN2O3S/c1-13-3-10-19(14(2)11-13)25-29(27,28)20-12-15(4-9-18(20)22)21(26)24-17-7-5-16(23)6-8-17/h3-12,25H,1-2H3,(H,24,26). The topological polar surface area (TPSA) is 75.3 Å². The molecule has 2 N–H and O–H groups in total. The summed E-state index contributed by atoms with van der Waals surface area (Å²) < 4.78 is 29.4. The Kier molecular flexibility index (Phi) is 6.50. The Hall–Kier alpha value is -2.10. The molecule has 3 aromatic rings. The molecule has 0 aliphatic heterocycles. The van der Waals surface area contributed by atoms with Crippen LogP contribution in [0.5, 0.6) is 0 Å². The van der Waals surface area contributed by atoms with Crippen LogP contribution in [0.15, 0.2) is 65.6 Å². The second kappa shape index (κ2) is 8.73. The van der Waals surface area contributed by atoms with Gasteiger partial charge in [0.15, 0.2) is 0 Å². The zero-order chi connectivity index (χ0) is 21.2. The van der Waals surface area contributed by atoms with E-state index in [-0.39, 0.29) is 15.5 Å². The quantitative estimate of drug-likeness (QED) is 0.413. The molecule has 0 aliphatic carbocycles. The summed E-state index contributed by atoms with van der Waals surface area (Å²) in [6.45, 7) is 3.75. The molecule has 3 rings (SSSR count). The lowest BCUT2D eigenvalue weighted by Gasteiger charge is -2.13. The molecule has 8 heteroatoms. The molecule has 0 spiro atoms. The van der Waals surface area contributed by atoms with Gasteiger partial charge in [-0.25, -0.2) is 8.42 Å². The summed E-state index contributed by atoms with van der Waals surface area (Å²) in [7, 11) is -3.98. The van der Waals surface area contributed by atoms with Gasteiger partial charge in [-0.2, -0.15) is 0 Å². The smallest absolute Gasteiger partial charge is 0.263 e. The average molecular weight is 541 g/mol. The van der Waals surface area contributed by atoms with Gasteiger partial charge in [0, 0.05) is 14.8 Å². The highest BCUT2D eigenvalue weighted by molar-refractivity contribution is 14.1. The SMILES string of the molecule is Cc1ccc(NS(=O)(=O)c2cc(C(=O)Nc3ccc(I)cc3)ccc2Cl)c(C)c1. The van der Waals surface area contributed by atoms with Gasteiger partial charge in [-0.05, 0) is 90.5 Å². The third kappa shape index (κ3) is 5.29. The van der Waals surface area contributed by atoms with E-state index in [4.69, 9.17) is 11.6 Å². The van der Waals surface area contributed by atoms with Gasteiger partial charge >= 0.3 is 0 Å². The molecule has 5 nitrogen and oxygen atoms in total. The fourth-order valence-corrected chi connectivity index (χ4v) is 4.73. The summed E-state index contributed by atoms with van der Waals surface area (Å²) in [5.74, 6) is -0.425. The highest BCUT2D eigenvalue weighted by Crippen LogP contribution is 2.27. The Morgan fingerprint density at radius 2 is 1.66 bits per heavy atom. The summed E-state index contributed by atoms with van der Waals surface area (Å²) in [5, 5.41) is 2.78. The maximum atomic E-state index is 12.9. The van der Waals surface area contributed by atoms with E-state index in [1.165, 1.54) is 18.2 Å². The third-order valence-electron chi connectivity index (χ3n) is 4.21. The van der Waals surface area contributed by atoms with Gasteiger partial charge in [0.2, 0.25) is 0 Å². The van der Waals surface area contributed by atoms with Crippen LogP contribution in [-0.2, 0) is 10.0 Å². The van der Waals surface area contributed by atoms with Gasteiger partial charge in [0.05, 0.1) is 10.7 Å². The molecule has 1 amide bonds. The Morgan fingerprint density at radius 3 is 2.31 bits per heavy atom. The minimum Gasteiger partial charge on any atom is -0.322 e. The molecule has 0 radical (unpaired) electrons. The van der Waals surface area contributed by atoms with Gasteiger partial charge in [0.25, 0.3) is 15.9 Å². The average Bonchev–Trinajstić information content (AvgIpc) is 2.66. The Labute approximate surface area is 188 Å². The minimum atomic E-state index is -3.98. The van der Waals surface area contributed by atoms with Crippen molar-refractivity contribution in [1.82, 2.24) is 0 Å². The van der Waals surface area contributed by atoms with Gasteiger partial charge in [-0.3, -0.25) is 9.52 Å². The van der Waals surface area contributed by atoms with Crippen molar-refractivity contribution in [1.29, 1.82) is 0 Å². The molecule has 0 aliphatic rings. The largest absolute Gasteiger partial charge is 0.322 e.